The van der Waals surface area contributed by atoms with E-state index in [1.54, 1.807) is 22.5 Å². The molecule has 0 aliphatic rings. The molecule has 0 saturated carbocycles. The summed E-state index contributed by atoms with van der Waals surface area (Å²) in [5.74, 6) is 0.119. The molecule has 1 atom stereocenters. The molecule has 21 heavy (non-hydrogen) atoms. The molecule has 0 spiro atoms. The lowest BCUT2D eigenvalue weighted by Gasteiger charge is -2.24. The van der Waals surface area contributed by atoms with Crippen LogP contribution in [-0.4, -0.2) is 25.8 Å². The predicted octanol–water partition coefficient (Wildman–Crippen LogP) is 3.77. The van der Waals surface area contributed by atoms with Gasteiger partial charge in [-0.1, -0.05) is 36.8 Å². The SMILES string of the molecule is C=CCCCN(C[C@@H](C)C=C)S(=O)(=O)c1ccc(C)cc1. The van der Waals surface area contributed by atoms with Crippen molar-refractivity contribution in [3.63, 3.8) is 0 Å². The van der Waals surface area contributed by atoms with Gasteiger partial charge in [0.05, 0.1) is 4.90 Å². The number of unbranched alkanes of at least 4 members (excludes halogenated alkanes) is 1. The van der Waals surface area contributed by atoms with Crippen LogP contribution < -0.4 is 0 Å². The summed E-state index contributed by atoms with van der Waals surface area (Å²) in [7, 11) is -3.45. The number of benzene rings is 1. The quantitative estimate of drug-likeness (QED) is 0.514. The first-order chi connectivity index (χ1) is 9.91. The largest absolute Gasteiger partial charge is 0.243 e. The summed E-state index contributed by atoms with van der Waals surface area (Å²) in [4.78, 5) is 0.350. The second-order valence-electron chi connectivity index (χ2n) is 5.32. The number of rotatable bonds is 9. The Morgan fingerprint density at radius 1 is 1.24 bits per heavy atom. The third kappa shape index (κ3) is 5.14. The average molecular weight is 307 g/mol. The third-order valence-electron chi connectivity index (χ3n) is 3.37. The van der Waals surface area contributed by atoms with Gasteiger partial charge in [0.25, 0.3) is 0 Å². The molecule has 0 radical (unpaired) electrons. The van der Waals surface area contributed by atoms with Crippen LogP contribution in [0.3, 0.4) is 0 Å². The molecular formula is C17H25NO2S. The smallest absolute Gasteiger partial charge is 0.207 e. The predicted molar refractivity (Wildman–Crippen MR) is 88.7 cm³/mol. The Bertz CT molecular complexity index is 561. The summed E-state index contributed by atoms with van der Waals surface area (Å²) >= 11 is 0. The summed E-state index contributed by atoms with van der Waals surface area (Å²) in [6, 6.07) is 6.99. The van der Waals surface area contributed by atoms with Crippen LogP contribution in [0.1, 0.15) is 25.3 Å². The Morgan fingerprint density at radius 2 is 1.86 bits per heavy atom. The van der Waals surface area contributed by atoms with Crippen molar-refractivity contribution in [2.45, 2.75) is 31.6 Å². The fourth-order valence-electron chi connectivity index (χ4n) is 1.98. The molecule has 0 amide bonds. The lowest BCUT2D eigenvalue weighted by Crippen LogP contribution is -2.35. The van der Waals surface area contributed by atoms with Crippen LogP contribution in [0.15, 0.2) is 54.5 Å². The minimum atomic E-state index is -3.45. The van der Waals surface area contributed by atoms with Crippen LogP contribution in [-0.2, 0) is 10.0 Å². The fourth-order valence-corrected chi connectivity index (χ4v) is 3.56. The van der Waals surface area contributed by atoms with Crippen molar-refractivity contribution in [1.82, 2.24) is 4.31 Å². The van der Waals surface area contributed by atoms with E-state index in [2.05, 4.69) is 13.2 Å². The van der Waals surface area contributed by atoms with Gasteiger partial charge in [-0.3, -0.25) is 0 Å². The van der Waals surface area contributed by atoms with E-state index in [0.29, 0.717) is 18.0 Å². The van der Waals surface area contributed by atoms with Crippen molar-refractivity contribution in [2.75, 3.05) is 13.1 Å². The Hall–Kier alpha value is -1.39. The highest BCUT2D eigenvalue weighted by molar-refractivity contribution is 7.89. The van der Waals surface area contributed by atoms with E-state index in [1.165, 1.54) is 0 Å². The Morgan fingerprint density at radius 3 is 2.38 bits per heavy atom. The average Bonchev–Trinajstić information content (AvgIpc) is 2.46. The minimum Gasteiger partial charge on any atom is -0.207 e. The van der Waals surface area contributed by atoms with Gasteiger partial charge < -0.3 is 0 Å². The normalized spacial score (nSPS) is 13.1. The monoisotopic (exact) mass is 307 g/mol. The summed E-state index contributed by atoms with van der Waals surface area (Å²) in [5.41, 5.74) is 1.05. The topological polar surface area (TPSA) is 37.4 Å². The first-order valence-electron chi connectivity index (χ1n) is 7.22. The van der Waals surface area contributed by atoms with Gasteiger partial charge in [-0.2, -0.15) is 4.31 Å². The first-order valence-corrected chi connectivity index (χ1v) is 8.66. The van der Waals surface area contributed by atoms with Gasteiger partial charge in [0.15, 0.2) is 0 Å². The summed E-state index contributed by atoms with van der Waals surface area (Å²) in [5, 5.41) is 0. The van der Waals surface area contributed by atoms with Crippen LogP contribution >= 0.6 is 0 Å². The zero-order chi connectivity index (χ0) is 15.9. The fraction of sp³-hybridized carbons (Fsp3) is 0.412. The van der Waals surface area contributed by atoms with Crippen LogP contribution in [0.5, 0.6) is 0 Å². The summed E-state index contributed by atoms with van der Waals surface area (Å²) in [6.45, 7) is 12.3. The highest BCUT2D eigenvalue weighted by atomic mass is 32.2. The zero-order valence-electron chi connectivity index (χ0n) is 13.0. The van der Waals surface area contributed by atoms with Crippen molar-refractivity contribution in [3.8, 4) is 0 Å². The van der Waals surface area contributed by atoms with Crippen LogP contribution in [0.25, 0.3) is 0 Å². The number of aryl methyl sites for hydroxylation is 1. The maximum atomic E-state index is 12.8. The molecule has 3 nitrogen and oxygen atoms in total. The van der Waals surface area contributed by atoms with Gasteiger partial charge in [-0.05, 0) is 37.8 Å². The van der Waals surface area contributed by atoms with Crippen molar-refractivity contribution in [2.24, 2.45) is 5.92 Å². The van der Waals surface area contributed by atoms with Gasteiger partial charge in [0, 0.05) is 13.1 Å². The number of sulfonamides is 1. The van der Waals surface area contributed by atoms with Crippen molar-refractivity contribution in [3.05, 3.63) is 55.1 Å². The lowest BCUT2D eigenvalue weighted by molar-refractivity contribution is 0.377. The van der Waals surface area contributed by atoms with Gasteiger partial charge in [-0.15, -0.1) is 13.2 Å². The minimum absolute atomic E-state index is 0.119. The molecule has 0 unspecified atom stereocenters. The standard InChI is InChI=1S/C17H25NO2S/c1-5-7-8-13-18(14-15(3)6-2)21(19,20)17-11-9-16(4)10-12-17/h5-6,9-12,15H,1-2,7-8,13-14H2,3-4H3/t15-/m0/s1. The van der Waals surface area contributed by atoms with E-state index < -0.39 is 10.0 Å². The number of hydrogen-bond donors (Lipinski definition) is 0. The van der Waals surface area contributed by atoms with E-state index in [4.69, 9.17) is 0 Å². The molecule has 0 aliphatic heterocycles. The van der Waals surface area contributed by atoms with Crippen LogP contribution in [0, 0.1) is 12.8 Å². The molecule has 1 aromatic rings. The molecule has 0 saturated heterocycles. The summed E-state index contributed by atoms with van der Waals surface area (Å²) in [6.07, 6.45) is 5.18. The molecule has 0 heterocycles. The second kappa shape index (κ2) is 8.15. The van der Waals surface area contributed by atoms with Gasteiger partial charge in [0.2, 0.25) is 10.0 Å². The zero-order valence-corrected chi connectivity index (χ0v) is 13.8. The van der Waals surface area contributed by atoms with Gasteiger partial charge in [0.1, 0.15) is 0 Å². The number of nitrogens with zero attached hydrogens (tertiary/aromatic N) is 1. The van der Waals surface area contributed by atoms with Crippen molar-refractivity contribution in [1.29, 1.82) is 0 Å². The van der Waals surface area contributed by atoms with E-state index in [9.17, 15) is 8.42 Å². The van der Waals surface area contributed by atoms with Crippen LogP contribution in [0.4, 0.5) is 0 Å². The Labute approximate surface area is 129 Å². The van der Waals surface area contributed by atoms with E-state index in [0.717, 1.165) is 18.4 Å². The molecule has 0 aliphatic carbocycles. The maximum absolute atomic E-state index is 12.8. The number of allylic oxidation sites excluding steroid dienone is 1. The molecule has 4 heteroatoms. The van der Waals surface area contributed by atoms with Crippen LogP contribution in [0.2, 0.25) is 0 Å². The third-order valence-corrected chi connectivity index (χ3v) is 5.25. The van der Waals surface area contributed by atoms with Crippen molar-refractivity contribution < 1.29 is 8.42 Å². The molecular weight excluding hydrogens is 282 g/mol. The molecule has 0 N–H and O–H groups in total. The molecule has 0 fully saturated rings. The first kappa shape index (κ1) is 17.7. The molecule has 1 aromatic carbocycles. The molecule has 1 rings (SSSR count). The van der Waals surface area contributed by atoms with Crippen molar-refractivity contribution >= 4 is 10.0 Å². The summed E-state index contributed by atoms with van der Waals surface area (Å²) < 4.78 is 27.1. The Kier molecular flexibility index (Phi) is 6.85. The highest BCUT2D eigenvalue weighted by Gasteiger charge is 2.24. The maximum Gasteiger partial charge on any atom is 0.243 e. The lowest BCUT2D eigenvalue weighted by atomic mass is 10.2. The van der Waals surface area contributed by atoms with Gasteiger partial charge in [-0.25, -0.2) is 8.42 Å². The molecule has 0 bridgehead atoms. The molecule has 0 aromatic heterocycles. The highest BCUT2D eigenvalue weighted by Crippen LogP contribution is 2.19. The Balaban J connectivity index is 3.00. The van der Waals surface area contributed by atoms with E-state index in [-0.39, 0.29) is 5.92 Å². The van der Waals surface area contributed by atoms with E-state index >= 15 is 0 Å². The van der Waals surface area contributed by atoms with Gasteiger partial charge >= 0.3 is 0 Å². The molecule has 116 valence electrons. The van der Waals surface area contributed by atoms with E-state index in [1.807, 2.05) is 32.1 Å². The second-order valence-corrected chi connectivity index (χ2v) is 7.26. The number of hydrogen-bond acceptors (Lipinski definition) is 2.